The van der Waals surface area contributed by atoms with E-state index in [2.05, 4.69) is 65.0 Å². The van der Waals surface area contributed by atoms with Gasteiger partial charge in [-0.3, -0.25) is 39.1 Å². The number of pyridine rings is 8. The van der Waals surface area contributed by atoms with Crippen molar-refractivity contribution in [2.24, 2.45) is 75.3 Å². The van der Waals surface area contributed by atoms with Crippen molar-refractivity contribution in [2.45, 2.75) is 159 Å². The molecule has 4 aliphatic rings. The molecule has 25 nitrogen and oxygen atoms in total. The van der Waals surface area contributed by atoms with E-state index in [1.54, 1.807) is 76.2 Å². The molecule has 27 heteroatoms. The predicted molar refractivity (Wildman–Crippen MR) is 437 cm³/mol. The van der Waals surface area contributed by atoms with Gasteiger partial charge in [0.15, 0.2) is 0 Å². The molecule has 10 heterocycles. The van der Waals surface area contributed by atoms with E-state index in [0.717, 1.165) is 152 Å². The molecule has 2 N–H and O–H groups in total. The Morgan fingerprint density at radius 3 is 0.939 bits per heavy atom. The molecule has 4 saturated carbocycles. The molecule has 14 rings (SSSR count). The minimum atomic E-state index is 0.00784. The molecule has 0 saturated heterocycles. The van der Waals surface area contributed by atoms with Gasteiger partial charge in [0.2, 0.25) is 0 Å². The minimum Gasteiger partial charge on any atom is -0.328 e. The van der Waals surface area contributed by atoms with Crippen LogP contribution in [-0.2, 0) is 105 Å². The van der Waals surface area contributed by atoms with Gasteiger partial charge in [0.25, 0.3) is 22.2 Å². The number of thioether (sulfide) groups is 2. The first-order valence-corrected chi connectivity index (χ1v) is 40.7. The van der Waals surface area contributed by atoms with Crippen LogP contribution in [0.15, 0.2) is 182 Å². The lowest BCUT2D eigenvalue weighted by atomic mass is 9.97. The third-order valence-corrected chi connectivity index (χ3v) is 22.4. The van der Waals surface area contributed by atoms with E-state index in [1.807, 2.05) is 162 Å². The molecule has 10 aromatic rings. The van der Waals surface area contributed by atoms with Gasteiger partial charge in [-0.05, 0) is 242 Å². The third kappa shape index (κ3) is 28.7. The molecule has 0 unspecified atom stereocenters. The molecule has 4 fully saturated rings. The van der Waals surface area contributed by atoms with Gasteiger partial charge >= 0.3 is 24.6 Å². The molecule has 0 aliphatic heterocycles. The number of aromatic nitrogens is 12. The summed E-state index contributed by atoms with van der Waals surface area (Å²) in [5.74, 6) is 6.84. The zero-order valence-electron chi connectivity index (χ0n) is 66.9. The van der Waals surface area contributed by atoms with E-state index in [-0.39, 0.29) is 46.8 Å². The van der Waals surface area contributed by atoms with Crippen LogP contribution >= 0.6 is 23.5 Å². The summed E-state index contributed by atoms with van der Waals surface area (Å²) in [5.41, 5.74) is 20.1. The van der Waals surface area contributed by atoms with Crippen LogP contribution in [0.2, 0.25) is 0 Å². The highest BCUT2D eigenvalue weighted by Gasteiger charge is 2.29. The van der Waals surface area contributed by atoms with E-state index in [9.17, 15) is 19.2 Å². The first kappa shape index (κ1) is 90.9. The van der Waals surface area contributed by atoms with Crippen molar-refractivity contribution in [3.05, 3.63) is 246 Å². The molecule has 602 valence electrons. The number of carbonyl (C=O) groups excluding carboxylic acids is 8. The lowest BCUT2D eigenvalue weighted by molar-refractivity contribution is -0.193. The van der Waals surface area contributed by atoms with Gasteiger partial charge < -0.3 is 24.0 Å². The zero-order chi connectivity index (χ0) is 83.5. The molecule has 4 aliphatic carbocycles. The van der Waals surface area contributed by atoms with E-state index in [4.69, 9.17) is 44.1 Å². The van der Waals surface area contributed by atoms with Gasteiger partial charge in [0.1, 0.15) is 11.6 Å². The Hall–Kier alpha value is -11.3. The van der Waals surface area contributed by atoms with Gasteiger partial charge in [-0.2, -0.15) is 38.4 Å². The summed E-state index contributed by atoms with van der Waals surface area (Å²) < 4.78 is 6.49. The normalized spacial score (nSPS) is 18.0. The SMILES string of the molecule is CSc1cnc(C[C@H]2CC[C@H](Cc3ccc(-c4cc(C)cn(C)c4=O)cn3)C2)nc1.CSc1cnc(C[C@H]2CC[C@H](Cc3ccc(-c4cccn(C)c4=O)cn3)C2)nc1.Cc1cc(-c2ccc(C[C@H]3CC[C@H](C)C3)nc2)c(=O)n(C)c1.Cc1cc(-c2ccc(C[C@H]3CC[C@H](N)C3)nc2)c(=O)n(C)c1.O=C=O.O=C=O.O=C=O.O=C=O. The topological polar surface area (TPSA) is 354 Å². The van der Waals surface area contributed by atoms with Crippen LogP contribution in [0.3, 0.4) is 0 Å². The van der Waals surface area contributed by atoms with Crippen LogP contribution in [0, 0.1) is 62.2 Å². The second-order valence-corrected chi connectivity index (χ2v) is 31.7. The first-order valence-electron chi connectivity index (χ1n) is 38.3. The standard InChI is InChI=1S/C24H28N4OS.C23H26N4OS.C19H24N2O.C18H23N3O.4CO2/c1-16-8-22(24(29)28(2)15-16)19-6-7-20(25-12-19)10-17-4-5-18(9-17)11-23-26-13-21(30-3)14-27-23;1-27-9-3-4-21(23(27)28)18-7-8-19(24-13-18)11-16-5-6-17(10-16)12-22-25-14-20(29-2)15-26-22;1-13-4-5-15(8-13)10-17-7-6-16(11-20-17)18-9-14(2)12-21(3)19(18)22;1-12-7-17(18(22)21(2)11-12)14-4-6-16(20-10-14)9-13-3-5-15(19)8-13;4*2-1-3/h6-8,12-15,17-18H,4-5,9-11H2,1-3H3;3-4,7-9,13-17H,5-6,10-12H2,1-2H3;6-7,9,11-13,15H,4-5,8,10H2,1-3H3;4,6-7,10-11,13,15H,3,5,8-9,19H2,1-2H3;;;;/t17-,18-;16-,17-;2*13-,15-;;;;/m0000..../s1. The lowest BCUT2D eigenvalue weighted by Gasteiger charge is -2.11. The highest BCUT2D eigenvalue weighted by Crippen LogP contribution is 2.37. The van der Waals surface area contributed by atoms with Gasteiger partial charge in [0.05, 0.1) is 0 Å². The quantitative estimate of drug-likeness (QED) is 0.0780. The molecule has 115 heavy (non-hydrogen) atoms. The number of nitrogens with two attached hydrogens (primary N) is 1. The Kier molecular flexibility index (Phi) is 37.0. The fourth-order valence-corrected chi connectivity index (χ4v) is 16.2. The maximum atomic E-state index is 12.4. The fourth-order valence-electron chi connectivity index (χ4n) is 15.6. The van der Waals surface area contributed by atoms with Gasteiger partial charge in [-0.1, -0.05) is 37.6 Å². The summed E-state index contributed by atoms with van der Waals surface area (Å²) in [7, 11) is 7.14. The highest BCUT2D eigenvalue weighted by molar-refractivity contribution is 7.98. The number of hydrogen-bond donors (Lipinski definition) is 1. The van der Waals surface area contributed by atoms with Crippen molar-refractivity contribution >= 4 is 48.1 Å². The molecule has 0 spiro atoms. The molecule has 10 aromatic heterocycles. The van der Waals surface area contributed by atoms with Crippen LogP contribution in [-0.4, -0.2) is 101 Å². The van der Waals surface area contributed by atoms with Crippen molar-refractivity contribution < 1.29 is 38.4 Å². The Morgan fingerprint density at radius 2 is 0.652 bits per heavy atom. The zero-order valence-corrected chi connectivity index (χ0v) is 68.6. The number of aryl methyl sites for hydroxylation is 7. The number of nitrogens with zero attached hydrogens (tertiary/aromatic N) is 12. The van der Waals surface area contributed by atoms with Gasteiger partial charge in [-0.25, -0.2) is 19.9 Å². The molecule has 0 radical (unpaired) electrons. The Morgan fingerprint density at radius 1 is 0.365 bits per heavy atom. The monoisotopic (exact) mass is 1600 g/mol. The summed E-state index contributed by atoms with van der Waals surface area (Å²) in [5, 5.41) is 0. The largest absolute Gasteiger partial charge is 0.373 e. The summed E-state index contributed by atoms with van der Waals surface area (Å²) in [4.78, 5) is 153. The minimum absolute atomic E-state index is 0.00784. The van der Waals surface area contributed by atoms with Crippen LogP contribution in [0.4, 0.5) is 0 Å². The van der Waals surface area contributed by atoms with Crippen molar-refractivity contribution in [1.82, 2.24) is 58.1 Å². The molecule has 0 aromatic carbocycles. The van der Waals surface area contributed by atoms with Crippen LogP contribution in [0.1, 0.15) is 135 Å². The average Bonchev–Trinajstić information content (AvgIpc) is 1.47. The number of hydrogen-bond acceptors (Lipinski definition) is 23. The van der Waals surface area contributed by atoms with Crippen molar-refractivity contribution in [3.63, 3.8) is 0 Å². The Bertz CT molecular complexity index is 4980. The molecular weight excluding hydrogens is 1500 g/mol. The number of rotatable bonds is 18. The second-order valence-electron chi connectivity index (χ2n) is 30.0. The predicted octanol–water partition coefficient (Wildman–Crippen LogP) is 12.5. The van der Waals surface area contributed by atoms with E-state index in [0.29, 0.717) is 52.3 Å². The Balaban J connectivity index is 0.000000204. The fraction of sp³-hybridized carbons (Fsp3) is 0.409. The molecule has 0 amide bonds. The van der Waals surface area contributed by atoms with Gasteiger partial charge in [-0.15, -0.1) is 23.5 Å². The summed E-state index contributed by atoms with van der Waals surface area (Å²) >= 11 is 3.35. The van der Waals surface area contributed by atoms with Crippen LogP contribution in [0.5, 0.6) is 0 Å². The van der Waals surface area contributed by atoms with E-state index in [1.165, 1.54) is 64.2 Å². The van der Waals surface area contributed by atoms with Crippen LogP contribution < -0.4 is 28.0 Å². The third-order valence-electron chi connectivity index (χ3n) is 21.1. The summed E-state index contributed by atoms with van der Waals surface area (Å²) in [6.45, 7) is 8.34. The van der Waals surface area contributed by atoms with E-state index < -0.39 is 0 Å². The summed E-state index contributed by atoms with van der Waals surface area (Å²) in [6, 6.07) is 26.3. The maximum Gasteiger partial charge on any atom is 0.373 e. The first-order chi connectivity index (χ1) is 55.3. The summed E-state index contributed by atoms with van der Waals surface area (Å²) in [6.07, 6.45) is 48.2. The van der Waals surface area contributed by atoms with E-state index >= 15 is 0 Å². The van der Waals surface area contributed by atoms with Crippen molar-refractivity contribution in [1.29, 1.82) is 0 Å². The smallest absolute Gasteiger partial charge is 0.328 e. The highest BCUT2D eigenvalue weighted by atomic mass is 32.2. The lowest BCUT2D eigenvalue weighted by Crippen LogP contribution is -2.18. The van der Waals surface area contributed by atoms with Crippen molar-refractivity contribution in [3.8, 4) is 44.5 Å². The van der Waals surface area contributed by atoms with Crippen LogP contribution in [0.25, 0.3) is 44.5 Å². The van der Waals surface area contributed by atoms with Crippen molar-refractivity contribution in [2.75, 3.05) is 12.5 Å². The van der Waals surface area contributed by atoms with Gasteiger partial charge in [0, 0.05) is 199 Å². The maximum absolute atomic E-state index is 12.4. The second kappa shape index (κ2) is 46.8. The molecule has 0 bridgehead atoms. The Labute approximate surface area is 678 Å². The molecular formula is C88H101N13O12S2. The molecule has 8 atom stereocenters. The average molecular weight is 1600 g/mol.